The van der Waals surface area contributed by atoms with Crippen molar-refractivity contribution < 1.29 is 18.7 Å². The van der Waals surface area contributed by atoms with Crippen molar-refractivity contribution >= 4 is 12.4 Å². The minimum absolute atomic E-state index is 0.242. The predicted molar refractivity (Wildman–Crippen MR) is 77.5 cm³/mol. The molecular formula is C16H18FNO3. The molecule has 0 spiro atoms. The number of benzene rings is 1. The van der Waals surface area contributed by atoms with Crippen molar-refractivity contribution in [2.75, 3.05) is 6.54 Å². The topological polar surface area (TPSA) is 55.4 Å². The molecule has 0 heterocycles. The molecule has 0 aliphatic rings. The van der Waals surface area contributed by atoms with E-state index in [-0.39, 0.29) is 5.56 Å². The van der Waals surface area contributed by atoms with E-state index in [1.165, 1.54) is 12.1 Å². The molecule has 21 heavy (non-hydrogen) atoms. The van der Waals surface area contributed by atoms with Gasteiger partial charge in [0.1, 0.15) is 17.7 Å². The molecule has 4 nitrogen and oxygen atoms in total. The molecule has 112 valence electrons. The van der Waals surface area contributed by atoms with Gasteiger partial charge in [0.25, 0.3) is 0 Å². The van der Waals surface area contributed by atoms with Gasteiger partial charge in [-0.25, -0.2) is 9.18 Å². The minimum Gasteiger partial charge on any atom is -0.444 e. The minimum atomic E-state index is -0.539. The van der Waals surface area contributed by atoms with Gasteiger partial charge in [-0.05, 0) is 39.0 Å². The smallest absolute Gasteiger partial charge is 0.407 e. The van der Waals surface area contributed by atoms with Crippen LogP contribution in [0.3, 0.4) is 0 Å². The van der Waals surface area contributed by atoms with Crippen LogP contribution >= 0.6 is 0 Å². The maximum absolute atomic E-state index is 13.2. The third-order valence-electron chi connectivity index (χ3n) is 2.21. The van der Waals surface area contributed by atoms with Crippen LogP contribution in [0.1, 0.15) is 43.1 Å². The van der Waals surface area contributed by atoms with Crippen molar-refractivity contribution in [1.29, 1.82) is 0 Å². The lowest BCUT2D eigenvalue weighted by Crippen LogP contribution is -2.32. The van der Waals surface area contributed by atoms with Crippen LogP contribution in [0, 0.1) is 17.7 Å². The van der Waals surface area contributed by atoms with Gasteiger partial charge in [-0.1, -0.05) is 11.8 Å². The fraction of sp³-hybridized carbons (Fsp3) is 0.375. The molecule has 0 aliphatic carbocycles. The maximum atomic E-state index is 13.2. The Bertz CT molecular complexity index is 579. The van der Waals surface area contributed by atoms with Gasteiger partial charge >= 0.3 is 6.09 Å². The number of ether oxygens (including phenoxy) is 1. The number of carbonyl (C=O) groups is 2. The Balaban J connectivity index is 2.45. The zero-order valence-electron chi connectivity index (χ0n) is 12.3. The number of amides is 1. The lowest BCUT2D eigenvalue weighted by Gasteiger charge is -2.19. The van der Waals surface area contributed by atoms with Crippen LogP contribution in [0.2, 0.25) is 0 Å². The molecule has 0 unspecified atom stereocenters. The first-order valence-corrected chi connectivity index (χ1v) is 6.51. The summed E-state index contributed by atoms with van der Waals surface area (Å²) in [6.45, 7) is 5.67. The standard InChI is InChI=1S/C16H18FNO3/c1-16(2,3)21-15(20)18-7-5-4-6-12-8-13(11-19)10-14(17)9-12/h8-11H,5,7H2,1-3H3,(H,18,20). The fourth-order valence-corrected chi connectivity index (χ4v) is 1.46. The SMILES string of the molecule is CC(C)(C)OC(=O)NCCC#Cc1cc(F)cc(C=O)c1. The molecule has 0 fully saturated rings. The summed E-state index contributed by atoms with van der Waals surface area (Å²) in [5, 5.41) is 2.57. The van der Waals surface area contributed by atoms with Gasteiger partial charge in [0.2, 0.25) is 0 Å². The summed E-state index contributed by atoms with van der Waals surface area (Å²) in [5.41, 5.74) is 0.128. The van der Waals surface area contributed by atoms with Crippen molar-refractivity contribution in [3.05, 3.63) is 35.1 Å². The summed E-state index contributed by atoms with van der Waals surface area (Å²) >= 11 is 0. The highest BCUT2D eigenvalue weighted by Gasteiger charge is 2.15. The molecule has 0 bridgehead atoms. The molecule has 1 amide bonds. The van der Waals surface area contributed by atoms with Crippen LogP contribution in [0.4, 0.5) is 9.18 Å². The monoisotopic (exact) mass is 291 g/mol. The largest absolute Gasteiger partial charge is 0.444 e. The molecule has 0 atom stereocenters. The predicted octanol–water partition coefficient (Wildman–Crippen LogP) is 2.90. The second-order valence-electron chi connectivity index (χ2n) is 5.37. The van der Waals surface area contributed by atoms with Crippen LogP contribution in [0.15, 0.2) is 18.2 Å². The van der Waals surface area contributed by atoms with E-state index >= 15 is 0 Å². The summed E-state index contributed by atoms with van der Waals surface area (Å²) < 4.78 is 18.2. The Hall–Kier alpha value is -2.35. The van der Waals surface area contributed by atoms with Crippen molar-refractivity contribution in [2.24, 2.45) is 0 Å². The maximum Gasteiger partial charge on any atom is 0.407 e. The van der Waals surface area contributed by atoms with Gasteiger partial charge < -0.3 is 10.1 Å². The zero-order chi connectivity index (χ0) is 15.9. The van der Waals surface area contributed by atoms with Crippen LogP contribution < -0.4 is 5.32 Å². The fourth-order valence-electron chi connectivity index (χ4n) is 1.46. The Morgan fingerprint density at radius 3 is 2.71 bits per heavy atom. The number of aldehydes is 1. The molecular weight excluding hydrogens is 273 g/mol. The highest BCUT2D eigenvalue weighted by Crippen LogP contribution is 2.07. The first kappa shape index (κ1) is 16.7. The molecule has 0 aromatic heterocycles. The second kappa shape index (κ2) is 7.44. The number of carbonyl (C=O) groups excluding carboxylic acids is 2. The third kappa shape index (κ3) is 7.11. The molecule has 1 aromatic rings. The number of rotatable bonds is 3. The number of hydrogen-bond acceptors (Lipinski definition) is 3. The lowest BCUT2D eigenvalue weighted by atomic mass is 10.1. The molecule has 1 rings (SSSR count). The van der Waals surface area contributed by atoms with E-state index in [1.54, 1.807) is 20.8 Å². The van der Waals surface area contributed by atoms with E-state index in [0.29, 0.717) is 24.8 Å². The first-order valence-electron chi connectivity index (χ1n) is 6.51. The molecule has 1 N–H and O–H groups in total. The van der Waals surface area contributed by atoms with Crippen LogP contribution in [0.25, 0.3) is 0 Å². The molecule has 1 aromatic carbocycles. The van der Waals surface area contributed by atoms with Crippen LogP contribution in [0.5, 0.6) is 0 Å². The van der Waals surface area contributed by atoms with Crippen LogP contribution in [-0.2, 0) is 4.74 Å². The molecule has 0 aliphatic heterocycles. The Labute approximate surface area is 123 Å². The van der Waals surface area contributed by atoms with Crippen molar-refractivity contribution in [3.63, 3.8) is 0 Å². The first-order chi connectivity index (χ1) is 9.80. The second-order valence-corrected chi connectivity index (χ2v) is 5.37. The van der Waals surface area contributed by atoms with E-state index in [0.717, 1.165) is 6.07 Å². The molecule has 5 heteroatoms. The summed E-state index contributed by atoms with van der Waals surface area (Å²) in [6, 6.07) is 3.90. The van der Waals surface area contributed by atoms with Crippen molar-refractivity contribution in [2.45, 2.75) is 32.8 Å². The summed E-state index contributed by atoms with van der Waals surface area (Å²) in [4.78, 5) is 22.0. The molecule has 0 saturated heterocycles. The Morgan fingerprint density at radius 1 is 1.38 bits per heavy atom. The summed E-state index contributed by atoms with van der Waals surface area (Å²) in [7, 11) is 0. The summed E-state index contributed by atoms with van der Waals surface area (Å²) in [6.07, 6.45) is 0.461. The van der Waals surface area contributed by atoms with E-state index < -0.39 is 17.5 Å². The lowest BCUT2D eigenvalue weighted by molar-refractivity contribution is 0.0529. The Morgan fingerprint density at radius 2 is 2.10 bits per heavy atom. The van der Waals surface area contributed by atoms with Gasteiger partial charge in [-0.2, -0.15) is 0 Å². The van der Waals surface area contributed by atoms with E-state index in [9.17, 15) is 14.0 Å². The van der Waals surface area contributed by atoms with Gasteiger partial charge in [0, 0.05) is 24.1 Å². The van der Waals surface area contributed by atoms with E-state index in [2.05, 4.69) is 17.2 Å². The Kier molecular flexibility index (Phi) is 5.92. The van der Waals surface area contributed by atoms with Crippen molar-refractivity contribution in [1.82, 2.24) is 5.32 Å². The van der Waals surface area contributed by atoms with Gasteiger partial charge in [0.15, 0.2) is 0 Å². The third-order valence-corrected chi connectivity index (χ3v) is 2.21. The number of halogens is 1. The van der Waals surface area contributed by atoms with Gasteiger partial charge in [0.05, 0.1) is 0 Å². The van der Waals surface area contributed by atoms with Gasteiger partial charge in [-0.3, -0.25) is 4.79 Å². The highest BCUT2D eigenvalue weighted by atomic mass is 19.1. The van der Waals surface area contributed by atoms with E-state index in [1.807, 2.05) is 0 Å². The average molecular weight is 291 g/mol. The molecule has 0 radical (unpaired) electrons. The normalized spacial score (nSPS) is 10.3. The number of hydrogen-bond donors (Lipinski definition) is 1. The number of alkyl carbamates (subject to hydrolysis) is 1. The zero-order valence-corrected chi connectivity index (χ0v) is 12.3. The van der Waals surface area contributed by atoms with Gasteiger partial charge in [-0.15, -0.1) is 0 Å². The van der Waals surface area contributed by atoms with Crippen LogP contribution in [-0.4, -0.2) is 24.5 Å². The van der Waals surface area contributed by atoms with E-state index in [4.69, 9.17) is 4.74 Å². The molecule has 0 saturated carbocycles. The van der Waals surface area contributed by atoms with Crippen molar-refractivity contribution in [3.8, 4) is 11.8 Å². The average Bonchev–Trinajstić information content (AvgIpc) is 2.35. The summed E-state index contributed by atoms with van der Waals surface area (Å²) in [5.74, 6) is 5.03. The highest BCUT2D eigenvalue weighted by molar-refractivity contribution is 5.75. The quantitative estimate of drug-likeness (QED) is 0.529. The number of nitrogens with one attached hydrogen (secondary N) is 1.